The predicted molar refractivity (Wildman–Crippen MR) is 156 cm³/mol. The summed E-state index contributed by atoms with van der Waals surface area (Å²) in [7, 11) is 1.15. The lowest BCUT2D eigenvalue weighted by molar-refractivity contribution is -0.123. The Hall–Kier alpha value is -5.14. The van der Waals surface area contributed by atoms with E-state index < -0.39 is 12.5 Å². The van der Waals surface area contributed by atoms with E-state index in [0.29, 0.717) is 24.2 Å². The molecule has 2 amide bonds. The number of carbonyl (C=O) groups excluding carboxylic acids is 2. The van der Waals surface area contributed by atoms with E-state index in [-0.39, 0.29) is 24.7 Å². The highest BCUT2D eigenvalue weighted by molar-refractivity contribution is 6.18. The molecule has 0 saturated heterocycles. The smallest absolute Gasteiger partial charge is 0.464 e. The van der Waals surface area contributed by atoms with Crippen molar-refractivity contribution in [3.05, 3.63) is 109 Å². The first kappa shape index (κ1) is 28.0. The molecular formula is C30H28BN6O6. The van der Waals surface area contributed by atoms with Crippen molar-refractivity contribution in [2.75, 3.05) is 0 Å². The number of benzene rings is 2. The number of rotatable bonds is 14. The molecule has 0 unspecified atom stereocenters. The van der Waals surface area contributed by atoms with Crippen molar-refractivity contribution in [3.63, 3.8) is 0 Å². The fourth-order valence-electron chi connectivity index (χ4n) is 4.78. The van der Waals surface area contributed by atoms with Gasteiger partial charge < -0.3 is 38.7 Å². The lowest BCUT2D eigenvalue weighted by Crippen LogP contribution is -2.44. The van der Waals surface area contributed by atoms with E-state index in [1.54, 1.807) is 24.9 Å². The molecule has 4 heterocycles. The minimum atomic E-state index is -0.799. The second-order valence-electron chi connectivity index (χ2n) is 9.91. The number of aromatic amines is 2. The molecule has 43 heavy (non-hydrogen) atoms. The van der Waals surface area contributed by atoms with Gasteiger partial charge in [-0.1, -0.05) is 36.4 Å². The molecule has 6 rings (SSSR count). The Balaban J connectivity index is 1.15. The van der Waals surface area contributed by atoms with Gasteiger partial charge in [-0.3, -0.25) is 9.59 Å². The zero-order valence-electron chi connectivity index (χ0n) is 23.0. The molecule has 12 nitrogen and oxygen atoms in total. The van der Waals surface area contributed by atoms with Crippen LogP contribution in [0.2, 0.25) is 0 Å². The molecule has 4 N–H and O–H groups in total. The second kappa shape index (κ2) is 13.2. The zero-order chi connectivity index (χ0) is 29.4. The van der Waals surface area contributed by atoms with Crippen LogP contribution in [0.5, 0.6) is 0 Å². The molecule has 2 aromatic carbocycles. The van der Waals surface area contributed by atoms with Gasteiger partial charge in [0.25, 0.3) is 0 Å². The average Bonchev–Trinajstić information content (AvgIpc) is 3.82. The molecule has 0 aliphatic rings. The van der Waals surface area contributed by atoms with E-state index in [4.69, 9.17) is 18.1 Å². The van der Waals surface area contributed by atoms with Crippen LogP contribution >= 0.6 is 0 Å². The van der Waals surface area contributed by atoms with Crippen molar-refractivity contribution in [2.24, 2.45) is 0 Å². The molecule has 0 bridgehead atoms. The number of fused-ring (bicyclic) bond motifs is 2. The number of imidazole rings is 2. The molecule has 0 aliphatic carbocycles. The zero-order valence-corrected chi connectivity index (χ0v) is 23.0. The Kier molecular flexibility index (Phi) is 8.62. The summed E-state index contributed by atoms with van der Waals surface area (Å²) in [5.74, 6) is -0.547. The third-order valence-corrected chi connectivity index (χ3v) is 6.83. The Morgan fingerprint density at radius 3 is 1.65 bits per heavy atom. The molecule has 6 aromatic rings. The van der Waals surface area contributed by atoms with E-state index in [0.717, 1.165) is 40.8 Å². The summed E-state index contributed by atoms with van der Waals surface area (Å²) in [6, 6.07) is 15.2. The van der Waals surface area contributed by atoms with Crippen molar-refractivity contribution in [3.8, 4) is 0 Å². The van der Waals surface area contributed by atoms with Crippen LogP contribution in [-0.2, 0) is 44.6 Å². The van der Waals surface area contributed by atoms with Gasteiger partial charge in [0, 0.05) is 58.5 Å². The Labute approximate surface area is 246 Å². The highest BCUT2D eigenvalue weighted by Gasteiger charge is 2.22. The van der Waals surface area contributed by atoms with Crippen molar-refractivity contribution in [2.45, 2.75) is 38.1 Å². The number of aromatic nitrogens is 4. The van der Waals surface area contributed by atoms with E-state index >= 15 is 0 Å². The van der Waals surface area contributed by atoms with Crippen molar-refractivity contribution in [1.29, 1.82) is 0 Å². The van der Waals surface area contributed by atoms with Gasteiger partial charge in [-0.2, -0.15) is 0 Å². The fourth-order valence-corrected chi connectivity index (χ4v) is 4.78. The summed E-state index contributed by atoms with van der Waals surface area (Å²) in [5, 5.41) is 7.62. The summed E-state index contributed by atoms with van der Waals surface area (Å²) < 4.78 is 23.2. The summed E-state index contributed by atoms with van der Waals surface area (Å²) >= 11 is 0. The van der Waals surface area contributed by atoms with Crippen LogP contribution in [0.3, 0.4) is 0 Å². The van der Waals surface area contributed by atoms with Gasteiger partial charge in [-0.25, -0.2) is 9.97 Å². The second-order valence-corrected chi connectivity index (χ2v) is 9.91. The average molecular weight is 579 g/mol. The highest BCUT2D eigenvalue weighted by atomic mass is 16.6. The largest absolute Gasteiger partial charge is 0.491 e. The molecular weight excluding hydrogens is 551 g/mol. The van der Waals surface area contributed by atoms with Gasteiger partial charge in [0.1, 0.15) is 23.6 Å². The molecule has 0 saturated carbocycles. The van der Waals surface area contributed by atoms with Crippen LogP contribution in [0.15, 0.2) is 94.9 Å². The summed E-state index contributed by atoms with van der Waals surface area (Å²) in [6.45, 7) is 0. The Morgan fingerprint density at radius 1 is 0.744 bits per heavy atom. The molecule has 217 valence electrons. The number of hydrogen-bond donors (Lipinski definition) is 4. The van der Waals surface area contributed by atoms with Gasteiger partial charge in [0.05, 0.1) is 38.0 Å². The van der Waals surface area contributed by atoms with Crippen LogP contribution in [0.25, 0.3) is 21.9 Å². The van der Waals surface area contributed by atoms with Crippen LogP contribution in [0.1, 0.15) is 22.5 Å². The predicted octanol–water partition coefficient (Wildman–Crippen LogP) is 3.35. The van der Waals surface area contributed by atoms with Gasteiger partial charge >= 0.3 is 7.69 Å². The molecule has 4 aromatic heterocycles. The van der Waals surface area contributed by atoms with Crippen LogP contribution in [0.4, 0.5) is 0 Å². The van der Waals surface area contributed by atoms with Crippen LogP contribution < -0.4 is 10.6 Å². The number of carbonyl (C=O) groups is 2. The van der Waals surface area contributed by atoms with Gasteiger partial charge in [0.15, 0.2) is 0 Å². The first-order valence-electron chi connectivity index (χ1n) is 13.7. The number of nitrogens with one attached hydrogen (secondary N) is 4. The monoisotopic (exact) mass is 579 g/mol. The number of para-hydroxylation sites is 2. The first-order valence-corrected chi connectivity index (χ1v) is 13.7. The molecule has 0 spiro atoms. The first-order chi connectivity index (χ1) is 21.1. The van der Waals surface area contributed by atoms with Crippen LogP contribution in [-0.4, -0.2) is 51.9 Å². The summed E-state index contributed by atoms with van der Waals surface area (Å²) in [6.07, 6.45) is 8.67. The Bertz CT molecular complexity index is 1650. The van der Waals surface area contributed by atoms with Gasteiger partial charge in [-0.05, 0) is 12.1 Å². The number of hydrogen-bond acceptors (Lipinski definition) is 8. The van der Waals surface area contributed by atoms with E-state index in [9.17, 15) is 9.59 Å². The standard InChI is InChI=1S/C30H28BN6O6/c38-27(11-21-13-32-17-34-21)36-29(9-19-15-40-25-7-3-1-5-23(19)25)42-31-43-30(37-28(39)12-22-14-33-18-35-22)10-20-16-41-26-8-4-2-6-24(20)26/h1-8,13-18,29-30H,9-12H2,(H,32,34)(H,33,35)(H,36,38)(H,37,39)/t29-,30-/m1/s1. The number of H-pyrrole nitrogens is 2. The Morgan fingerprint density at radius 2 is 1.21 bits per heavy atom. The lowest BCUT2D eigenvalue weighted by Gasteiger charge is -2.22. The molecule has 0 aliphatic heterocycles. The number of furan rings is 2. The maximum Gasteiger partial charge on any atom is 0.491 e. The number of amides is 2. The topological polar surface area (TPSA) is 160 Å². The van der Waals surface area contributed by atoms with Crippen molar-refractivity contribution in [1.82, 2.24) is 30.6 Å². The minimum Gasteiger partial charge on any atom is -0.464 e. The maximum absolute atomic E-state index is 12.9. The molecule has 1 radical (unpaired) electrons. The molecule has 2 atom stereocenters. The van der Waals surface area contributed by atoms with Crippen molar-refractivity contribution >= 4 is 41.4 Å². The lowest BCUT2D eigenvalue weighted by atomic mass is 10.1. The third-order valence-electron chi connectivity index (χ3n) is 6.83. The number of nitrogens with zero attached hydrogens (tertiary/aromatic N) is 2. The fraction of sp³-hybridized carbons (Fsp3) is 0.200. The summed E-state index contributed by atoms with van der Waals surface area (Å²) in [4.78, 5) is 39.5. The van der Waals surface area contributed by atoms with E-state index in [1.807, 2.05) is 48.5 Å². The highest BCUT2D eigenvalue weighted by Crippen LogP contribution is 2.23. The maximum atomic E-state index is 12.9. The van der Waals surface area contributed by atoms with E-state index in [2.05, 4.69) is 30.6 Å². The molecule has 13 heteroatoms. The van der Waals surface area contributed by atoms with Gasteiger partial charge in [0.2, 0.25) is 11.8 Å². The quantitative estimate of drug-likeness (QED) is 0.113. The van der Waals surface area contributed by atoms with Crippen LogP contribution in [0, 0.1) is 0 Å². The van der Waals surface area contributed by atoms with Crippen molar-refractivity contribution < 1.29 is 27.7 Å². The minimum absolute atomic E-state index is 0.0900. The SMILES string of the molecule is O=C(Cc1cnc[nH]1)N[C@@H](Cc1coc2ccccc12)O[B]O[C@H](Cc1coc2ccccc12)NC(=O)Cc1cnc[nH]1. The normalized spacial score (nSPS) is 12.7. The summed E-state index contributed by atoms with van der Waals surface area (Å²) in [5.41, 5.74) is 4.49. The van der Waals surface area contributed by atoms with Gasteiger partial charge in [-0.15, -0.1) is 0 Å². The van der Waals surface area contributed by atoms with E-state index in [1.165, 1.54) is 12.7 Å². The molecule has 0 fully saturated rings. The third kappa shape index (κ3) is 7.20.